The number of carbonyl (C=O) groups excluding carboxylic acids is 1. The Kier molecular flexibility index (Phi) is 5.22. The molecule has 4 heteroatoms. The number of nitrogens with one attached hydrogen (secondary N) is 1. The summed E-state index contributed by atoms with van der Waals surface area (Å²) in [6, 6.07) is 1.70. The van der Waals surface area contributed by atoms with Crippen LogP contribution in [-0.4, -0.2) is 48.7 Å². The molecule has 2 rings (SSSR count). The van der Waals surface area contributed by atoms with Crippen molar-refractivity contribution >= 4 is 5.97 Å². The molecule has 1 heterocycles. The molecule has 1 N–H and O–H groups in total. The largest absolute Gasteiger partial charge is 0.468 e. The van der Waals surface area contributed by atoms with Crippen molar-refractivity contribution < 1.29 is 9.53 Å². The van der Waals surface area contributed by atoms with Crippen molar-refractivity contribution in [2.75, 3.05) is 13.7 Å². The average Bonchev–Trinajstić information content (AvgIpc) is 3.19. The summed E-state index contributed by atoms with van der Waals surface area (Å²) in [5, 5.41) is 3.41. The molecule has 0 spiro atoms. The van der Waals surface area contributed by atoms with Crippen LogP contribution < -0.4 is 5.32 Å². The van der Waals surface area contributed by atoms with E-state index in [2.05, 4.69) is 24.1 Å². The molecule has 0 aromatic rings. The van der Waals surface area contributed by atoms with E-state index in [4.69, 9.17) is 4.74 Å². The number of piperidine rings is 1. The highest BCUT2D eigenvalue weighted by molar-refractivity contribution is 5.75. The van der Waals surface area contributed by atoms with Crippen molar-refractivity contribution in [3.8, 4) is 0 Å². The van der Waals surface area contributed by atoms with Crippen LogP contribution in [0, 0.1) is 0 Å². The van der Waals surface area contributed by atoms with Crippen LogP contribution in [0.15, 0.2) is 0 Å². The first kappa shape index (κ1) is 14.8. The van der Waals surface area contributed by atoms with Gasteiger partial charge in [-0.25, -0.2) is 0 Å². The number of rotatable bonds is 6. The minimum atomic E-state index is -0.126. The van der Waals surface area contributed by atoms with E-state index in [0.717, 1.165) is 13.0 Å². The summed E-state index contributed by atoms with van der Waals surface area (Å²) in [5.41, 5.74) is 0. The van der Waals surface area contributed by atoms with Gasteiger partial charge in [-0.15, -0.1) is 0 Å². The van der Waals surface area contributed by atoms with E-state index in [9.17, 15) is 4.79 Å². The topological polar surface area (TPSA) is 41.6 Å². The molecular formula is C15H28N2O2. The Morgan fingerprint density at radius 3 is 2.42 bits per heavy atom. The van der Waals surface area contributed by atoms with Crippen molar-refractivity contribution in [3.05, 3.63) is 0 Å². The maximum Gasteiger partial charge on any atom is 0.322 e. The average molecular weight is 268 g/mol. The number of ether oxygens (including phenoxy) is 1. The summed E-state index contributed by atoms with van der Waals surface area (Å²) in [4.78, 5) is 14.4. The molecule has 1 saturated heterocycles. The Balaban J connectivity index is 1.84. The van der Waals surface area contributed by atoms with Gasteiger partial charge in [-0.3, -0.25) is 9.69 Å². The summed E-state index contributed by atoms with van der Waals surface area (Å²) in [6.07, 6.45) is 7.15. The Bertz CT molecular complexity index is 295. The van der Waals surface area contributed by atoms with Crippen LogP contribution in [0.5, 0.6) is 0 Å². The molecule has 110 valence electrons. The fourth-order valence-electron chi connectivity index (χ4n) is 3.14. The van der Waals surface area contributed by atoms with Crippen LogP contribution in [0.3, 0.4) is 0 Å². The van der Waals surface area contributed by atoms with Gasteiger partial charge in [0, 0.05) is 24.7 Å². The predicted molar refractivity (Wildman–Crippen MR) is 76.1 cm³/mol. The van der Waals surface area contributed by atoms with Crippen LogP contribution in [0.4, 0.5) is 0 Å². The molecule has 2 aliphatic rings. The van der Waals surface area contributed by atoms with E-state index in [-0.39, 0.29) is 12.0 Å². The van der Waals surface area contributed by atoms with Crippen LogP contribution in [0.25, 0.3) is 0 Å². The van der Waals surface area contributed by atoms with Gasteiger partial charge in [-0.05, 0) is 46.0 Å². The minimum absolute atomic E-state index is 0.107. The number of esters is 1. The Morgan fingerprint density at radius 2 is 1.89 bits per heavy atom. The molecule has 0 radical (unpaired) electrons. The summed E-state index contributed by atoms with van der Waals surface area (Å²) < 4.78 is 4.91. The first-order chi connectivity index (χ1) is 9.11. The van der Waals surface area contributed by atoms with Gasteiger partial charge in [0.2, 0.25) is 0 Å². The number of carbonyl (C=O) groups is 1. The molecule has 19 heavy (non-hydrogen) atoms. The number of likely N-dealkylation sites (tertiary alicyclic amines) is 1. The van der Waals surface area contributed by atoms with Gasteiger partial charge in [-0.2, -0.15) is 0 Å². The second-order valence-electron chi connectivity index (χ2n) is 6.17. The molecule has 0 amide bonds. The third-order valence-electron chi connectivity index (χ3n) is 4.55. The highest BCUT2D eigenvalue weighted by atomic mass is 16.5. The minimum Gasteiger partial charge on any atom is -0.468 e. The first-order valence-electron chi connectivity index (χ1n) is 7.71. The normalized spacial score (nSPS) is 30.1. The predicted octanol–water partition coefficient (Wildman–Crippen LogP) is 1.93. The molecule has 0 aromatic carbocycles. The van der Waals surface area contributed by atoms with Gasteiger partial charge in [-0.1, -0.05) is 6.42 Å². The van der Waals surface area contributed by atoms with E-state index >= 15 is 0 Å². The molecule has 1 aliphatic heterocycles. The van der Waals surface area contributed by atoms with Crippen molar-refractivity contribution in [3.63, 3.8) is 0 Å². The van der Waals surface area contributed by atoms with Crippen molar-refractivity contribution in [1.29, 1.82) is 0 Å². The van der Waals surface area contributed by atoms with Crippen LogP contribution >= 0.6 is 0 Å². The van der Waals surface area contributed by atoms with E-state index in [1.807, 2.05) is 0 Å². The Morgan fingerprint density at radius 1 is 1.26 bits per heavy atom. The molecule has 1 saturated carbocycles. The van der Waals surface area contributed by atoms with E-state index in [1.54, 1.807) is 0 Å². The zero-order chi connectivity index (χ0) is 13.8. The SMILES string of the molecule is COC(=O)C(CCN1C(C)CCCC1C)NC1CC1. The van der Waals surface area contributed by atoms with Crippen molar-refractivity contribution in [2.45, 2.75) is 76.5 Å². The molecule has 0 aromatic heterocycles. The van der Waals surface area contributed by atoms with E-state index in [0.29, 0.717) is 18.1 Å². The third-order valence-corrected chi connectivity index (χ3v) is 4.55. The number of nitrogens with zero attached hydrogens (tertiary/aromatic N) is 1. The Hall–Kier alpha value is -0.610. The highest BCUT2D eigenvalue weighted by Gasteiger charge is 2.31. The number of hydrogen-bond acceptors (Lipinski definition) is 4. The lowest BCUT2D eigenvalue weighted by molar-refractivity contribution is -0.143. The van der Waals surface area contributed by atoms with Gasteiger partial charge in [0.05, 0.1) is 7.11 Å². The van der Waals surface area contributed by atoms with E-state index < -0.39 is 0 Å². The second-order valence-corrected chi connectivity index (χ2v) is 6.17. The maximum atomic E-state index is 11.8. The van der Waals surface area contributed by atoms with Gasteiger partial charge >= 0.3 is 5.97 Å². The molecule has 3 unspecified atom stereocenters. The van der Waals surface area contributed by atoms with Crippen molar-refractivity contribution in [2.24, 2.45) is 0 Å². The molecular weight excluding hydrogens is 240 g/mol. The lowest BCUT2D eigenvalue weighted by atomic mass is 9.97. The van der Waals surface area contributed by atoms with Crippen LogP contribution in [0.1, 0.15) is 52.4 Å². The standard InChI is InChI=1S/C15H28N2O2/c1-11-5-4-6-12(2)17(11)10-9-14(15(18)19-3)16-13-7-8-13/h11-14,16H,4-10H2,1-3H3. The van der Waals surface area contributed by atoms with E-state index in [1.165, 1.54) is 39.2 Å². The molecule has 4 nitrogen and oxygen atoms in total. The summed E-state index contributed by atoms with van der Waals surface area (Å²) in [6.45, 7) is 5.59. The third kappa shape index (κ3) is 4.18. The molecule has 1 aliphatic carbocycles. The lowest BCUT2D eigenvalue weighted by Crippen LogP contribution is -2.47. The van der Waals surface area contributed by atoms with Gasteiger partial charge < -0.3 is 10.1 Å². The maximum absolute atomic E-state index is 11.8. The van der Waals surface area contributed by atoms with Gasteiger partial charge in [0.1, 0.15) is 6.04 Å². The van der Waals surface area contributed by atoms with Gasteiger partial charge in [0.25, 0.3) is 0 Å². The zero-order valence-corrected chi connectivity index (χ0v) is 12.5. The lowest BCUT2D eigenvalue weighted by Gasteiger charge is -2.39. The Labute approximate surface area is 116 Å². The van der Waals surface area contributed by atoms with Crippen LogP contribution in [0.2, 0.25) is 0 Å². The number of hydrogen-bond donors (Lipinski definition) is 1. The molecule has 0 bridgehead atoms. The highest BCUT2D eigenvalue weighted by Crippen LogP contribution is 2.24. The summed E-state index contributed by atoms with van der Waals surface area (Å²) >= 11 is 0. The van der Waals surface area contributed by atoms with Gasteiger partial charge in [0.15, 0.2) is 0 Å². The second kappa shape index (κ2) is 6.71. The fraction of sp³-hybridized carbons (Fsp3) is 0.933. The summed E-state index contributed by atoms with van der Waals surface area (Å²) in [5.74, 6) is -0.107. The smallest absolute Gasteiger partial charge is 0.322 e. The summed E-state index contributed by atoms with van der Waals surface area (Å²) in [7, 11) is 1.48. The number of methoxy groups -OCH3 is 1. The van der Waals surface area contributed by atoms with Crippen LogP contribution in [-0.2, 0) is 9.53 Å². The molecule has 3 atom stereocenters. The fourth-order valence-corrected chi connectivity index (χ4v) is 3.14. The molecule has 2 fully saturated rings. The monoisotopic (exact) mass is 268 g/mol. The zero-order valence-electron chi connectivity index (χ0n) is 12.5. The first-order valence-corrected chi connectivity index (χ1v) is 7.71. The van der Waals surface area contributed by atoms with Crippen molar-refractivity contribution in [1.82, 2.24) is 10.2 Å². The quantitative estimate of drug-likeness (QED) is 0.748.